The fourth-order valence-corrected chi connectivity index (χ4v) is 1.87. The Labute approximate surface area is 99.0 Å². The molecule has 2 nitrogen and oxygen atoms in total. The maximum absolute atomic E-state index is 12.7. The molecule has 6 heteroatoms. The number of alkyl halides is 3. The maximum Gasteiger partial charge on any atom is 0.265 e. The van der Waals surface area contributed by atoms with E-state index in [1.807, 2.05) is 6.07 Å². The van der Waals surface area contributed by atoms with Crippen molar-refractivity contribution in [3.63, 3.8) is 0 Å². The van der Waals surface area contributed by atoms with Crippen molar-refractivity contribution < 1.29 is 8.78 Å². The minimum absolute atomic E-state index is 0.108. The lowest BCUT2D eigenvalue weighted by Crippen LogP contribution is -2.03. The van der Waals surface area contributed by atoms with Crippen LogP contribution < -0.4 is 0 Å². The zero-order valence-electron chi connectivity index (χ0n) is 7.48. The summed E-state index contributed by atoms with van der Waals surface area (Å²) in [6, 6.07) is 1.81. The van der Waals surface area contributed by atoms with E-state index in [1.165, 1.54) is 6.20 Å². The van der Waals surface area contributed by atoms with Crippen molar-refractivity contribution in [1.82, 2.24) is 4.98 Å². The zero-order valence-corrected chi connectivity index (χ0v) is 9.82. The fourth-order valence-electron chi connectivity index (χ4n) is 1.21. The molecule has 0 amide bonds. The predicted octanol–water partition coefficient (Wildman–Crippen LogP) is 3.63. The molecule has 0 N–H and O–H groups in total. The van der Waals surface area contributed by atoms with Crippen LogP contribution in [-0.4, -0.2) is 4.98 Å². The number of hydrogen-bond donors (Lipinski definition) is 0. The zero-order chi connectivity index (χ0) is 11.4. The first-order valence-corrected chi connectivity index (χ1v) is 5.49. The smallest absolute Gasteiger partial charge is 0.258 e. The Kier molecular flexibility index (Phi) is 4.43. The molecule has 0 unspecified atom stereocenters. The second-order valence-corrected chi connectivity index (χ2v) is 3.68. The van der Waals surface area contributed by atoms with Gasteiger partial charge in [-0.15, -0.1) is 0 Å². The number of hydrogen-bond acceptors (Lipinski definition) is 2. The number of aromatic nitrogens is 1. The van der Waals surface area contributed by atoms with E-state index in [4.69, 9.17) is 16.9 Å². The molecule has 0 fully saturated rings. The van der Waals surface area contributed by atoms with Gasteiger partial charge in [-0.25, -0.2) is 8.78 Å². The van der Waals surface area contributed by atoms with Gasteiger partial charge >= 0.3 is 0 Å². The second-order valence-electron chi connectivity index (χ2n) is 2.71. The Balaban J connectivity index is 3.38. The first-order chi connectivity index (χ1) is 7.11. The largest absolute Gasteiger partial charge is 0.265 e. The molecule has 0 spiro atoms. The molecule has 0 saturated heterocycles. The second kappa shape index (κ2) is 5.38. The third kappa shape index (κ3) is 2.64. The Hall–Kier alpha value is -0.730. The number of pyridine rings is 1. The fraction of sp³-hybridized carbons (Fsp3) is 0.333. The Morgan fingerprint density at radius 1 is 1.60 bits per heavy atom. The topological polar surface area (TPSA) is 36.7 Å². The molecule has 1 heterocycles. The highest BCUT2D eigenvalue weighted by Crippen LogP contribution is 2.31. The number of halogens is 4. The summed E-state index contributed by atoms with van der Waals surface area (Å²) in [6.45, 7) is 0. The van der Waals surface area contributed by atoms with Crippen molar-refractivity contribution in [1.29, 1.82) is 5.26 Å². The lowest BCUT2D eigenvalue weighted by Gasteiger charge is -2.11. The van der Waals surface area contributed by atoms with Gasteiger partial charge in [0.2, 0.25) is 0 Å². The number of nitrogens with zero attached hydrogens (tertiary/aromatic N) is 2. The highest BCUT2D eigenvalue weighted by Gasteiger charge is 2.20. The van der Waals surface area contributed by atoms with E-state index in [0.717, 1.165) is 0 Å². The molecule has 1 rings (SSSR count). The third-order valence-electron chi connectivity index (χ3n) is 1.86. The van der Waals surface area contributed by atoms with Crippen LogP contribution in [0.1, 0.15) is 23.2 Å². The van der Waals surface area contributed by atoms with Crippen LogP contribution in [0, 0.1) is 11.3 Å². The first-order valence-electron chi connectivity index (χ1n) is 3.99. The summed E-state index contributed by atoms with van der Waals surface area (Å²) < 4.78 is 25.5. The van der Waals surface area contributed by atoms with Crippen LogP contribution >= 0.6 is 27.5 Å². The van der Waals surface area contributed by atoms with Crippen LogP contribution in [0.3, 0.4) is 0 Å². The SMILES string of the molecule is N#CCc1c(Cl)cnc(CBr)c1C(F)F. The van der Waals surface area contributed by atoms with Crippen LogP contribution in [0.4, 0.5) is 8.78 Å². The summed E-state index contributed by atoms with van der Waals surface area (Å²) in [6.07, 6.45) is -1.52. The standard InChI is InChI=1S/C9H6BrClF2N2/c10-3-7-8(9(12)13)5(1-2-14)6(11)4-15-7/h4,9H,1,3H2. The Morgan fingerprint density at radius 3 is 2.73 bits per heavy atom. The van der Waals surface area contributed by atoms with Gasteiger partial charge in [0.05, 0.1) is 23.2 Å². The van der Waals surface area contributed by atoms with E-state index >= 15 is 0 Å². The van der Waals surface area contributed by atoms with Gasteiger partial charge < -0.3 is 0 Å². The normalized spacial score (nSPS) is 10.4. The van der Waals surface area contributed by atoms with E-state index in [2.05, 4.69) is 20.9 Å². The van der Waals surface area contributed by atoms with Crippen molar-refractivity contribution >= 4 is 27.5 Å². The predicted molar refractivity (Wildman–Crippen MR) is 56.2 cm³/mol. The van der Waals surface area contributed by atoms with E-state index in [-0.39, 0.29) is 33.6 Å². The molecule has 0 aliphatic rings. The lowest BCUT2D eigenvalue weighted by molar-refractivity contribution is 0.149. The van der Waals surface area contributed by atoms with Crippen molar-refractivity contribution in [2.75, 3.05) is 0 Å². The van der Waals surface area contributed by atoms with Crippen LogP contribution in [0.25, 0.3) is 0 Å². The van der Waals surface area contributed by atoms with Gasteiger partial charge in [-0.2, -0.15) is 5.26 Å². The van der Waals surface area contributed by atoms with Gasteiger partial charge in [0.15, 0.2) is 0 Å². The van der Waals surface area contributed by atoms with Crippen molar-refractivity contribution in [3.05, 3.63) is 28.0 Å². The quantitative estimate of drug-likeness (QED) is 0.798. The van der Waals surface area contributed by atoms with Gasteiger partial charge in [0, 0.05) is 17.1 Å². The average Bonchev–Trinajstić information content (AvgIpc) is 2.20. The lowest BCUT2D eigenvalue weighted by atomic mass is 10.1. The molecule has 15 heavy (non-hydrogen) atoms. The first kappa shape index (κ1) is 12.3. The number of nitriles is 1. The molecule has 80 valence electrons. The molecular weight excluding hydrogens is 289 g/mol. The highest BCUT2D eigenvalue weighted by molar-refractivity contribution is 9.08. The van der Waals surface area contributed by atoms with Gasteiger partial charge in [-0.05, 0) is 5.56 Å². The van der Waals surface area contributed by atoms with E-state index in [9.17, 15) is 8.78 Å². The molecule has 0 aliphatic heterocycles. The van der Waals surface area contributed by atoms with Crippen LogP contribution in [0.5, 0.6) is 0 Å². The molecule has 1 aromatic rings. The van der Waals surface area contributed by atoms with Crippen molar-refractivity contribution in [3.8, 4) is 6.07 Å². The Bertz CT molecular complexity index is 404. The van der Waals surface area contributed by atoms with Gasteiger partial charge in [0.1, 0.15) is 0 Å². The van der Waals surface area contributed by atoms with Crippen molar-refractivity contribution in [2.45, 2.75) is 18.2 Å². The minimum atomic E-state index is -2.67. The number of rotatable bonds is 3. The molecule has 1 aromatic heterocycles. The average molecular weight is 296 g/mol. The van der Waals surface area contributed by atoms with Crippen molar-refractivity contribution in [2.24, 2.45) is 0 Å². The molecule has 0 radical (unpaired) electrons. The summed E-state index contributed by atoms with van der Waals surface area (Å²) >= 11 is 8.78. The van der Waals surface area contributed by atoms with Crippen LogP contribution in [0.15, 0.2) is 6.20 Å². The summed E-state index contributed by atoms with van der Waals surface area (Å²) in [5, 5.41) is 8.85. The highest BCUT2D eigenvalue weighted by atomic mass is 79.9. The van der Waals surface area contributed by atoms with Crippen LogP contribution in [0.2, 0.25) is 5.02 Å². The summed E-state index contributed by atoms with van der Waals surface area (Å²) in [5.74, 6) is 0. The van der Waals surface area contributed by atoms with Gasteiger partial charge in [-0.1, -0.05) is 27.5 Å². The summed E-state index contributed by atoms with van der Waals surface area (Å²) in [4.78, 5) is 3.79. The monoisotopic (exact) mass is 294 g/mol. The van der Waals surface area contributed by atoms with Gasteiger partial charge in [0.25, 0.3) is 6.43 Å². The Morgan fingerprint density at radius 2 is 2.27 bits per heavy atom. The van der Waals surface area contributed by atoms with Gasteiger partial charge in [-0.3, -0.25) is 4.98 Å². The molecule has 0 aliphatic carbocycles. The minimum Gasteiger partial charge on any atom is -0.258 e. The summed E-state index contributed by atoms with van der Waals surface area (Å²) in [5.41, 5.74) is 0.152. The summed E-state index contributed by atoms with van der Waals surface area (Å²) in [7, 11) is 0. The van der Waals surface area contributed by atoms with Crippen LogP contribution in [-0.2, 0) is 11.8 Å². The van der Waals surface area contributed by atoms with E-state index in [0.29, 0.717) is 0 Å². The molecular formula is C9H6BrClF2N2. The molecule has 0 bridgehead atoms. The maximum atomic E-state index is 12.7. The molecule has 0 aromatic carbocycles. The third-order valence-corrected chi connectivity index (χ3v) is 2.72. The van der Waals surface area contributed by atoms with E-state index < -0.39 is 6.43 Å². The molecule has 0 saturated carbocycles. The van der Waals surface area contributed by atoms with E-state index in [1.54, 1.807) is 0 Å². The molecule has 0 atom stereocenters.